The van der Waals surface area contributed by atoms with Crippen LogP contribution in [0, 0.1) is 11.8 Å². The molecule has 1 aliphatic rings. The van der Waals surface area contributed by atoms with E-state index in [9.17, 15) is 4.79 Å². The second kappa shape index (κ2) is 2.73. The molecule has 3 heteroatoms. The molecule has 0 aliphatic carbocycles. The van der Waals surface area contributed by atoms with Gasteiger partial charge in [-0.2, -0.15) is 10.2 Å². The van der Waals surface area contributed by atoms with E-state index in [-0.39, 0.29) is 11.7 Å². The van der Waals surface area contributed by atoms with E-state index in [0.717, 1.165) is 0 Å². The van der Waals surface area contributed by atoms with Crippen LogP contribution in [0.3, 0.4) is 0 Å². The van der Waals surface area contributed by atoms with Gasteiger partial charge >= 0.3 is 0 Å². The van der Waals surface area contributed by atoms with Gasteiger partial charge in [-0.15, -0.1) is 0 Å². The quantitative estimate of drug-likeness (QED) is 0.530. The lowest BCUT2D eigenvalue weighted by molar-refractivity contribution is -0.115. The van der Waals surface area contributed by atoms with Crippen molar-refractivity contribution in [3.63, 3.8) is 0 Å². The van der Waals surface area contributed by atoms with Gasteiger partial charge in [0.1, 0.15) is 0 Å². The standard InChI is InChI=1S/C7H10N2O/c1-5(2)6-3-8-9-4-7(6)10/h3-6H,1-2H3. The molecule has 1 heterocycles. The zero-order valence-electron chi connectivity index (χ0n) is 6.11. The summed E-state index contributed by atoms with van der Waals surface area (Å²) in [5.41, 5.74) is 0. The molecule has 0 aromatic heterocycles. The lowest BCUT2D eigenvalue weighted by Crippen LogP contribution is -2.24. The average Bonchev–Trinajstić information content (AvgIpc) is 1.88. The minimum absolute atomic E-state index is 0.0579. The Morgan fingerprint density at radius 1 is 1.50 bits per heavy atom. The summed E-state index contributed by atoms with van der Waals surface area (Å²) < 4.78 is 0. The van der Waals surface area contributed by atoms with Gasteiger partial charge in [-0.25, -0.2) is 0 Å². The van der Waals surface area contributed by atoms with E-state index in [0.29, 0.717) is 5.92 Å². The predicted octanol–water partition coefficient (Wildman–Crippen LogP) is 0.898. The van der Waals surface area contributed by atoms with Crippen LogP contribution in [-0.4, -0.2) is 18.2 Å². The Balaban J connectivity index is 2.70. The number of rotatable bonds is 1. The fourth-order valence-electron chi connectivity index (χ4n) is 0.861. The molecule has 1 rings (SSSR count). The second-order valence-corrected chi connectivity index (χ2v) is 2.68. The molecule has 0 fully saturated rings. The fraction of sp³-hybridized carbons (Fsp3) is 0.571. The molecule has 0 aromatic rings. The van der Waals surface area contributed by atoms with Gasteiger partial charge in [0.15, 0.2) is 5.78 Å². The van der Waals surface area contributed by atoms with Crippen molar-refractivity contribution in [2.45, 2.75) is 13.8 Å². The summed E-state index contributed by atoms with van der Waals surface area (Å²) >= 11 is 0. The van der Waals surface area contributed by atoms with Gasteiger partial charge in [0, 0.05) is 6.21 Å². The van der Waals surface area contributed by atoms with Crippen LogP contribution in [0.5, 0.6) is 0 Å². The van der Waals surface area contributed by atoms with Crippen molar-refractivity contribution in [1.82, 2.24) is 0 Å². The fourth-order valence-corrected chi connectivity index (χ4v) is 0.861. The molecular formula is C7H10N2O. The first-order chi connectivity index (χ1) is 4.72. The molecule has 0 saturated heterocycles. The monoisotopic (exact) mass is 138 g/mol. The van der Waals surface area contributed by atoms with Crippen LogP contribution in [0.25, 0.3) is 0 Å². The number of Topliss-reactive ketones (excluding diaryl/α,β-unsaturated/α-hetero) is 1. The topological polar surface area (TPSA) is 41.8 Å². The summed E-state index contributed by atoms with van der Waals surface area (Å²) in [4.78, 5) is 11.0. The third-order valence-electron chi connectivity index (χ3n) is 1.53. The highest BCUT2D eigenvalue weighted by Crippen LogP contribution is 2.10. The van der Waals surface area contributed by atoms with E-state index in [4.69, 9.17) is 0 Å². The van der Waals surface area contributed by atoms with Crippen LogP contribution < -0.4 is 0 Å². The van der Waals surface area contributed by atoms with Crippen molar-refractivity contribution in [2.75, 3.05) is 0 Å². The zero-order chi connectivity index (χ0) is 7.56. The smallest absolute Gasteiger partial charge is 0.184 e. The summed E-state index contributed by atoms with van der Waals surface area (Å²) in [5, 5.41) is 7.14. The van der Waals surface area contributed by atoms with E-state index in [1.54, 1.807) is 6.21 Å². The Morgan fingerprint density at radius 2 is 2.20 bits per heavy atom. The van der Waals surface area contributed by atoms with Crippen molar-refractivity contribution in [3.8, 4) is 0 Å². The van der Waals surface area contributed by atoms with Gasteiger partial charge in [0.05, 0.1) is 12.1 Å². The van der Waals surface area contributed by atoms with Crippen LogP contribution >= 0.6 is 0 Å². The molecule has 0 amide bonds. The van der Waals surface area contributed by atoms with Gasteiger partial charge in [0.25, 0.3) is 0 Å². The highest BCUT2D eigenvalue weighted by Gasteiger charge is 2.19. The molecule has 1 aliphatic heterocycles. The zero-order valence-corrected chi connectivity index (χ0v) is 6.11. The van der Waals surface area contributed by atoms with E-state index in [1.165, 1.54) is 6.21 Å². The van der Waals surface area contributed by atoms with Crippen molar-refractivity contribution in [2.24, 2.45) is 22.0 Å². The molecule has 0 saturated carbocycles. The minimum atomic E-state index is -0.0579. The minimum Gasteiger partial charge on any atom is -0.292 e. The number of nitrogens with zero attached hydrogens (tertiary/aromatic N) is 2. The number of hydrogen-bond donors (Lipinski definition) is 0. The number of carbonyl (C=O) groups excluding carboxylic acids is 1. The Bertz CT molecular complexity index is 194. The summed E-state index contributed by atoms with van der Waals surface area (Å²) in [6.45, 7) is 3.99. The average molecular weight is 138 g/mol. The van der Waals surface area contributed by atoms with Crippen LogP contribution in [0.4, 0.5) is 0 Å². The lowest BCUT2D eigenvalue weighted by atomic mass is 9.93. The second-order valence-electron chi connectivity index (χ2n) is 2.68. The maximum Gasteiger partial charge on any atom is 0.184 e. The van der Waals surface area contributed by atoms with E-state index >= 15 is 0 Å². The Hall–Kier alpha value is -0.990. The maximum absolute atomic E-state index is 11.0. The first kappa shape index (κ1) is 7.12. The number of carbonyl (C=O) groups is 1. The van der Waals surface area contributed by atoms with Crippen LogP contribution in [0.2, 0.25) is 0 Å². The highest BCUT2D eigenvalue weighted by atomic mass is 16.1. The van der Waals surface area contributed by atoms with Crippen molar-refractivity contribution in [3.05, 3.63) is 0 Å². The number of ketones is 1. The first-order valence-corrected chi connectivity index (χ1v) is 3.32. The largest absolute Gasteiger partial charge is 0.292 e. The third kappa shape index (κ3) is 1.29. The molecule has 1 unspecified atom stereocenters. The van der Waals surface area contributed by atoms with Gasteiger partial charge in [-0.1, -0.05) is 13.8 Å². The molecule has 0 N–H and O–H groups in total. The number of hydrogen-bond acceptors (Lipinski definition) is 3. The van der Waals surface area contributed by atoms with Gasteiger partial charge in [-0.3, -0.25) is 4.79 Å². The Morgan fingerprint density at radius 3 is 2.60 bits per heavy atom. The van der Waals surface area contributed by atoms with Gasteiger partial charge in [0.2, 0.25) is 0 Å². The normalized spacial score (nSPS) is 24.3. The van der Waals surface area contributed by atoms with Gasteiger partial charge < -0.3 is 0 Å². The van der Waals surface area contributed by atoms with E-state index < -0.39 is 0 Å². The summed E-state index contributed by atoms with van der Waals surface area (Å²) in [6.07, 6.45) is 2.89. The molecule has 3 nitrogen and oxygen atoms in total. The van der Waals surface area contributed by atoms with Crippen molar-refractivity contribution < 1.29 is 4.79 Å². The van der Waals surface area contributed by atoms with E-state index in [2.05, 4.69) is 10.2 Å². The molecule has 54 valence electrons. The van der Waals surface area contributed by atoms with Gasteiger partial charge in [-0.05, 0) is 5.92 Å². The van der Waals surface area contributed by atoms with E-state index in [1.807, 2.05) is 13.8 Å². The maximum atomic E-state index is 11.0. The molecule has 10 heavy (non-hydrogen) atoms. The summed E-state index contributed by atoms with van der Waals surface area (Å²) in [5.74, 6) is 0.325. The van der Waals surface area contributed by atoms with Crippen molar-refractivity contribution in [1.29, 1.82) is 0 Å². The third-order valence-corrected chi connectivity index (χ3v) is 1.53. The molecule has 0 spiro atoms. The molecular weight excluding hydrogens is 128 g/mol. The Kier molecular flexibility index (Phi) is 1.94. The molecule has 0 radical (unpaired) electrons. The van der Waals surface area contributed by atoms with Crippen LogP contribution in [0.1, 0.15) is 13.8 Å². The van der Waals surface area contributed by atoms with Crippen LogP contribution in [0.15, 0.2) is 10.2 Å². The SMILES string of the molecule is CC(C)C1C=NN=CC1=O. The molecule has 0 aromatic carbocycles. The highest BCUT2D eigenvalue weighted by molar-refractivity contribution is 6.32. The predicted molar refractivity (Wildman–Crippen MR) is 40.3 cm³/mol. The molecule has 1 atom stereocenters. The molecule has 0 bridgehead atoms. The van der Waals surface area contributed by atoms with Crippen molar-refractivity contribution >= 4 is 18.2 Å². The summed E-state index contributed by atoms with van der Waals surface area (Å²) in [7, 11) is 0. The first-order valence-electron chi connectivity index (χ1n) is 3.32. The lowest BCUT2D eigenvalue weighted by Gasteiger charge is -2.12. The summed E-state index contributed by atoms with van der Waals surface area (Å²) in [6, 6.07) is 0. The van der Waals surface area contributed by atoms with Crippen LogP contribution in [-0.2, 0) is 4.79 Å². The Labute approximate surface area is 59.8 Å².